The average Bonchev–Trinajstić information content (AvgIpc) is 2.61. The van der Waals surface area contributed by atoms with Gasteiger partial charge >= 0.3 is 11.8 Å². The summed E-state index contributed by atoms with van der Waals surface area (Å²) in [6.45, 7) is 0.311. The van der Waals surface area contributed by atoms with Gasteiger partial charge in [0, 0.05) is 22.7 Å². The highest BCUT2D eigenvalue weighted by atomic mass is 35.5. The molecule has 0 unspecified atom stereocenters. The first kappa shape index (κ1) is 18.8. The van der Waals surface area contributed by atoms with Crippen LogP contribution in [0.25, 0.3) is 0 Å². The molecule has 2 aromatic rings. The van der Waals surface area contributed by atoms with E-state index < -0.39 is 11.8 Å². The van der Waals surface area contributed by atoms with Crippen molar-refractivity contribution in [2.45, 2.75) is 6.61 Å². The van der Waals surface area contributed by atoms with E-state index >= 15 is 0 Å². The van der Waals surface area contributed by atoms with Crippen LogP contribution in [0.3, 0.4) is 0 Å². The summed E-state index contributed by atoms with van der Waals surface area (Å²) in [6, 6.07) is 12.2. The zero-order valence-corrected chi connectivity index (χ0v) is 14.8. The van der Waals surface area contributed by atoms with Gasteiger partial charge in [-0.3, -0.25) is 9.59 Å². The smallest absolute Gasteiger partial charge is 0.329 e. The third kappa shape index (κ3) is 5.77. The summed E-state index contributed by atoms with van der Waals surface area (Å²) in [5, 5.41) is 7.01. The van der Waals surface area contributed by atoms with Crippen LogP contribution in [0.15, 0.2) is 47.6 Å². The highest BCUT2D eigenvalue weighted by Crippen LogP contribution is 2.22. The number of hydrazone groups is 1. The Labute approximate surface area is 154 Å². The van der Waals surface area contributed by atoms with Crippen LogP contribution in [-0.4, -0.2) is 25.1 Å². The van der Waals surface area contributed by atoms with Crippen molar-refractivity contribution in [1.29, 1.82) is 0 Å². The number of likely N-dealkylation sites (N-methyl/N-ethyl adjacent to an activating group) is 1. The summed E-state index contributed by atoms with van der Waals surface area (Å²) < 4.78 is 5.66. The van der Waals surface area contributed by atoms with Crippen LogP contribution >= 0.6 is 23.2 Å². The van der Waals surface area contributed by atoms with E-state index in [1.807, 2.05) is 0 Å². The van der Waals surface area contributed by atoms with Crippen molar-refractivity contribution in [2.75, 3.05) is 7.05 Å². The Morgan fingerprint density at radius 1 is 1.12 bits per heavy atom. The van der Waals surface area contributed by atoms with Crippen LogP contribution in [0, 0.1) is 0 Å². The monoisotopic (exact) mass is 379 g/mol. The minimum atomic E-state index is -0.835. The van der Waals surface area contributed by atoms with Crippen molar-refractivity contribution in [1.82, 2.24) is 10.7 Å². The number of rotatable bonds is 5. The average molecular weight is 380 g/mol. The summed E-state index contributed by atoms with van der Waals surface area (Å²) in [7, 11) is 1.36. The van der Waals surface area contributed by atoms with E-state index in [-0.39, 0.29) is 0 Å². The fourth-order valence-electron chi connectivity index (χ4n) is 1.78. The van der Waals surface area contributed by atoms with Gasteiger partial charge < -0.3 is 10.1 Å². The minimum absolute atomic E-state index is 0.311. The van der Waals surface area contributed by atoms with Crippen LogP contribution in [-0.2, 0) is 16.2 Å². The van der Waals surface area contributed by atoms with E-state index in [1.165, 1.54) is 13.3 Å². The molecule has 0 radical (unpaired) electrons. The van der Waals surface area contributed by atoms with Gasteiger partial charge in [-0.2, -0.15) is 5.10 Å². The maximum Gasteiger partial charge on any atom is 0.329 e. The molecule has 0 saturated heterocycles. The quantitative estimate of drug-likeness (QED) is 0.476. The molecule has 0 saturated carbocycles. The molecule has 0 aliphatic carbocycles. The Morgan fingerprint density at radius 3 is 2.48 bits per heavy atom. The van der Waals surface area contributed by atoms with Crippen molar-refractivity contribution < 1.29 is 14.3 Å². The van der Waals surface area contributed by atoms with E-state index in [4.69, 9.17) is 27.9 Å². The SMILES string of the molecule is CNC(=O)C(=O)N/N=C\c1ccc(OCc2ccc(Cl)cc2Cl)cc1. The number of carbonyl (C=O) groups excluding carboxylic acids is 2. The van der Waals surface area contributed by atoms with Gasteiger partial charge in [0.05, 0.1) is 6.21 Å². The van der Waals surface area contributed by atoms with Gasteiger partial charge in [0.25, 0.3) is 0 Å². The number of hydrogen-bond acceptors (Lipinski definition) is 4. The molecule has 130 valence electrons. The first-order chi connectivity index (χ1) is 12.0. The van der Waals surface area contributed by atoms with Crippen LogP contribution in [0.2, 0.25) is 10.0 Å². The molecule has 6 nitrogen and oxygen atoms in total. The van der Waals surface area contributed by atoms with E-state index in [9.17, 15) is 9.59 Å². The lowest BCUT2D eigenvalue weighted by Gasteiger charge is -2.08. The predicted octanol–water partition coefficient (Wildman–Crippen LogP) is 2.77. The molecule has 0 aromatic heterocycles. The largest absolute Gasteiger partial charge is 0.489 e. The molecule has 0 fully saturated rings. The van der Waals surface area contributed by atoms with Gasteiger partial charge in [-0.25, -0.2) is 5.43 Å². The molecular formula is C17H15Cl2N3O3. The molecule has 25 heavy (non-hydrogen) atoms. The van der Waals surface area contributed by atoms with Gasteiger partial charge in [0.15, 0.2) is 0 Å². The Kier molecular flexibility index (Phi) is 6.80. The zero-order chi connectivity index (χ0) is 18.2. The second kappa shape index (κ2) is 9.05. The molecule has 0 atom stereocenters. The van der Waals surface area contributed by atoms with Gasteiger partial charge in [-0.05, 0) is 42.0 Å². The number of hydrogen-bond donors (Lipinski definition) is 2. The molecule has 2 rings (SSSR count). The van der Waals surface area contributed by atoms with Crippen LogP contribution in [0.5, 0.6) is 5.75 Å². The van der Waals surface area contributed by atoms with Gasteiger partial charge in [-0.15, -0.1) is 0 Å². The van der Waals surface area contributed by atoms with Crippen molar-refractivity contribution in [2.24, 2.45) is 5.10 Å². The lowest BCUT2D eigenvalue weighted by molar-refractivity contribution is -0.138. The van der Waals surface area contributed by atoms with Gasteiger partial charge in [0.2, 0.25) is 0 Å². The first-order valence-corrected chi connectivity index (χ1v) is 7.97. The predicted molar refractivity (Wildman–Crippen MR) is 97.0 cm³/mol. The molecule has 0 heterocycles. The van der Waals surface area contributed by atoms with E-state index in [1.54, 1.807) is 42.5 Å². The third-order valence-electron chi connectivity index (χ3n) is 3.10. The van der Waals surface area contributed by atoms with Crippen molar-refractivity contribution >= 4 is 41.2 Å². The summed E-state index contributed by atoms with van der Waals surface area (Å²) >= 11 is 11.9. The highest BCUT2D eigenvalue weighted by Gasteiger charge is 2.08. The van der Waals surface area contributed by atoms with Crippen molar-refractivity contribution in [3.63, 3.8) is 0 Å². The molecule has 0 aliphatic rings. The second-order valence-corrected chi connectivity index (χ2v) is 5.72. The summed E-state index contributed by atoms with van der Waals surface area (Å²) in [5.74, 6) is -0.946. The van der Waals surface area contributed by atoms with Crippen LogP contribution in [0.1, 0.15) is 11.1 Å². The number of benzene rings is 2. The van der Waals surface area contributed by atoms with Crippen molar-refractivity contribution in [3.8, 4) is 5.75 Å². The Hall–Kier alpha value is -2.57. The van der Waals surface area contributed by atoms with Gasteiger partial charge in [0.1, 0.15) is 12.4 Å². The van der Waals surface area contributed by atoms with Crippen LogP contribution in [0.4, 0.5) is 0 Å². The minimum Gasteiger partial charge on any atom is -0.489 e. The number of nitrogens with zero attached hydrogens (tertiary/aromatic N) is 1. The topological polar surface area (TPSA) is 79.8 Å². The standard InChI is InChI=1S/C17H15Cl2N3O3/c1-20-16(23)17(24)22-21-9-11-2-6-14(7-3-11)25-10-12-4-5-13(18)8-15(12)19/h2-9H,10H2,1H3,(H,20,23)(H,22,24)/b21-9-. The maximum atomic E-state index is 11.2. The molecule has 2 N–H and O–H groups in total. The first-order valence-electron chi connectivity index (χ1n) is 7.21. The zero-order valence-electron chi connectivity index (χ0n) is 13.3. The lowest BCUT2D eigenvalue weighted by atomic mass is 10.2. The highest BCUT2D eigenvalue weighted by molar-refractivity contribution is 6.35. The Bertz CT molecular complexity index is 792. The number of nitrogens with one attached hydrogen (secondary N) is 2. The molecule has 0 bridgehead atoms. The number of amides is 2. The Morgan fingerprint density at radius 2 is 1.84 bits per heavy atom. The van der Waals surface area contributed by atoms with E-state index in [0.29, 0.717) is 22.4 Å². The van der Waals surface area contributed by atoms with Crippen LogP contribution < -0.4 is 15.5 Å². The number of ether oxygens (including phenoxy) is 1. The molecule has 2 aromatic carbocycles. The van der Waals surface area contributed by atoms with E-state index in [2.05, 4.69) is 15.8 Å². The fourth-order valence-corrected chi connectivity index (χ4v) is 2.24. The van der Waals surface area contributed by atoms with Gasteiger partial charge in [-0.1, -0.05) is 29.3 Å². The second-order valence-electron chi connectivity index (χ2n) is 4.87. The lowest BCUT2D eigenvalue weighted by Crippen LogP contribution is -2.35. The molecule has 0 aliphatic heterocycles. The maximum absolute atomic E-state index is 11.2. The summed E-state index contributed by atoms with van der Waals surface area (Å²) in [5.41, 5.74) is 3.67. The summed E-state index contributed by atoms with van der Waals surface area (Å²) in [4.78, 5) is 22.2. The number of halogens is 2. The molecule has 0 spiro atoms. The summed E-state index contributed by atoms with van der Waals surface area (Å²) in [6.07, 6.45) is 1.42. The molecular weight excluding hydrogens is 365 g/mol. The third-order valence-corrected chi connectivity index (χ3v) is 3.69. The van der Waals surface area contributed by atoms with E-state index in [0.717, 1.165) is 11.1 Å². The Balaban J connectivity index is 1.89. The van der Waals surface area contributed by atoms with Crippen molar-refractivity contribution in [3.05, 3.63) is 63.6 Å². The molecule has 2 amide bonds. The molecule has 8 heteroatoms. The fraction of sp³-hybridized carbons (Fsp3) is 0.118. The normalized spacial score (nSPS) is 10.5. The number of carbonyl (C=O) groups is 2.